The largest absolute Gasteiger partial charge is 0.744 e. The number of nitrogens with zero attached hydrogens (tertiary/aromatic N) is 3. The molecule has 1 aliphatic heterocycles. The first-order valence-corrected chi connectivity index (χ1v) is 26.8. The van der Waals surface area contributed by atoms with Crippen molar-refractivity contribution in [1.29, 1.82) is 0 Å². The fourth-order valence-corrected chi connectivity index (χ4v) is 10.6. The van der Waals surface area contributed by atoms with Crippen LogP contribution in [0.15, 0.2) is 158 Å². The van der Waals surface area contributed by atoms with Crippen molar-refractivity contribution in [3.63, 3.8) is 0 Å². The molecule has 6 aromatic carbocycles. The zero-order valence-corrected chi connectivity index (χ0v) is 41.9. The second-order valence-electron chi connectivity index (χ2n) is 17.5. The number of aliphatic carboxylic acids is 3. The van der Waals surface area contributed by atoms with E-state index in [9.17, 15) is 63.5 Å². The lowest BCUT2D eigenvalue weighted by Gasteiger charge is -2.14. The number of anilines is 1. The molecule has 24 nitrogen and oxygen atoms in total. The van der Waals surface area contributed by atoms with E-state index < -0.39 is 66.2 Å². The van der Waals surface area contributed by atoms with Crippen molar-refractivity contribution in [1.82, 2.24) is 0 Å². The predicted molar refractivity (Wildman–Crippen MR) is 269 cm³/mol. The van der Waals surface area contributed by atoms with Gasteiger partial charge in [0.05, 0.1) is 45.5 Å². The summed E-state index contributed by atoms with van der Waals surface area (Å²) in [5, 5.41) is 31.0. The highest BCUT2D eigenvalue weighted by Crippen LogP contribution is 2.45. The Kier molecular flexibility index (Phi) is 12.0. The van der Waals surface area contributed by atoms with E-state index >= 15 is 0 Å². The van der Waals surface area contributed by atoms with Crippen LogP contribution in [0.1, 0.15) is 11.8 Å². The van der Waals surface area contributed by atoms with E-state index in [0.717, 1.165) is 6.07 Å². The minimum absolute atomic E-state index is 0.142. The minimum atomic E-state index is -4.73. The molecule has 0 unspecified atom stereocenters. The van der Waals surface area contributed by atoms with Gasteiger partial charge in [-0.3, -0.25) is 14.2 Å². The molecule has 12 rings (SSSR count). The summed E-state index contributed by atoms with van der Waals surface area (Å²) >= 11 is 0. The van der Waals surface area contributed by atoms with Gasteiger partial charge >= 0.3 is 29.7 Å². The van der Waals surface area contributed by atoms with Crippen molar-refractivity contribution in [3.8, 4) is 5.75 Å². The van der Waals surface area contributed by atoms with Crippen molar-refractivity contribution in [2.24, 2.45) is 0 Å². The van der Waals surface area contributed by atoms with Gasteiger partial charge in [-0.25, -0.2) is 26.4 Å². The highest BCUT2D eigenvalue weighted by atomic mass is 32.2. The fourth-order valence-electron chi connectivity index (χ4n) is 9.14. The maximum absolute atomic E-state index is 11.8. The Morgan fingerprint density at radius 1 is 0.538 bits per heavy atom. The van der Waals surface area contributed by atoms with Gasteiger partial charge in [0, 0.05) is 38.4 Å². The average Bonchev–Trinajstić information content (AvgIpc) is 4.35. The lowest BCUT2D eigenvalue weighted by molar-refractivity contribution is -0.671. The second kappa shape index (κ2) is 18.4. The smallest absolute Gasteiger partial charge is 0.374 e. The molecular formula is C51H33N3O21S3. The van der Waals surface area contributed by atoms with Gasteiger partial charge in [-0.15, -0.1) is 9.13 Å². The fraction of sp³-hybridized carbons (Fsp3) is 0.0784. The van der Waals surface area contributed by atoms with Gasteiger partial charge in [-0.05, 0) is 78.9 Å². The van der Waals surface area contributed by atoms with E-state index in [1.165, 1.54) is 74.7 Å². The maximum Gasteiger partial charge on any atom is 0.374 e. The maximum atomic E-state index is 11.8. The summed E-state index contributed by atoms with van der Waals surface area (Å²) < 4.78 is 139. The Labute approximate surface area is 435 Å². The SMILES string of the molecule is Cc1oc2cc3c(cc2[n+]1CC(=O)O)oc1ccc(S(=O)(=O)[O-])cc13.O=C(O)CN1/C(=C/C=C/C=C/c2oc3cc4c(cc3[n+]2CC(=O)O)oc2ccc(S(=O)(=O)O)cc24)Oc2cc3c(cc21)oc1ccc(S(=O)(=O)[O-])cc13. The number of ether oxygens (including phenoxy) is 1. The lowest BCUT2D eigenvalue weighted by Crippen LogP contribution is -2.39. The van der Waals surface area contributed by atoms with Gasteiger partial charge in [0.15, 0.2) is 5.75 Å². The number of benzene rings is 6. The molecule has 0 spiro atoms. The van der Waals surface area contributed by atoms with E-state index in [1.807, 2.05) is 0 Å². The van der Waals surface area contributed by atoms with Gasteiger partial charge < -0.3 is 51.2 Å². The van der Waals surface area contributed by atoms with Crippen LogP contribution in [-0.4, -0.2) is 78.7 Å². The molecular weight excluding hydrogens is 1090 g/mol. The van der Waals surface area contributed by atoms with E-state index in [4.69, 9.17) is 31.9 Å². The molecule has 0 bridgehead atoms. The first kappa shape index (κ1) is 50.8. The van der Waals surface area contributed by atoms with Crippen LogP contribution in [0.5, 0.6) is 5.75 Å². The highest BCUT2D eigenvalue weighted by Gasteiger charge is 2.31. The average molecular weight is 1120 g/mol. The minimum Gasteiger partial charge on any atom is -0.744 e. The van der Waals surface area contributed by atoms with Crippen molar-refractivity contribution < 1.29 is 105 Å². The van der Waals surface area contributed by atoms with E-state index in [-0.39, 0.29) is 39.4 Å². The number of furan rings is 3. The van der Waals surface area contributed by atoms with Crippen molar-refractivity contribution >= 4 is 148 Å². The van der Waals surface area contributed by atoms with Crippen LogP contribution in [-0.2, 0) is 57.8 Å². The van der Waals surface area contributed by atoms with Gasteiger partial charge in [-0.2, -0.15) is 8.42 Å². The van der Waals surface area contributed by atoms with Gasteiger partial charge in [-0.1, -0.05) is 18.2 Å². The lowest BCUT2D eigenvalue weighted by atomic mass is 10.1. The van der Waals surface area contributed by atoms with Crippen LogP contribution < -0.4 is 18.8 Å². The Hall–Kier alpha value is -9.38. The topological polar surface area (TPSA) is 367 Å². The number of carbonyl (C=O) groups is 3. The molecule has 27 heteroatoms. The van der Waals surface area contributed by atoms with Crippen molar-refractivity contribution in [2.45, 2.75) is 34.7 Å². The monoisotopic (exact) mass is 1120 g/mol. The van der Waals surface area contributed by atoms with Crippen LogP contribution in [0.4, 0.5) is 5.69 Å². The third kappa shape index (κ3) is 9.30. The summed E-state index contributed by atoms with van der Waals surface area (Å²) in [6.07, 6.45) is 7.67. The summed E-state index contributed by atoms with van der Waals surface area (Å²) in [6, 6.07) is 21.0. The molecule has 4 N–H and O–H groups in total. The molecule has 6 heterocycles. The first-order valence-electron chi connectivity index (χ1n) is 22.6. The quantitative estimate of drug-likeness (QED) is 0.0540. The molecule has 0 saturated heterocycles. The summed E-state index contributed by atoms with van der Waals surface area (Å²) in [5.41, 5.74) is 4.14. The Morgan fingerprint density at radius 3 is 1.54 bits per heavy atom. The molecule has 0 amide bonds. The molecule has 0 aliphatic carbocycles. The zero-order chi connectivity index (χ0) is 55.3. The van der Waals surface area contributed by atoms with Crippen LogP contribution in [0.3, 0.4) is 0 Å². The van der Waals surface area contributed by atoms with Crippen LogP contribution in [0, 0.1) is 6.92 Å². The first-order chi connectivity index (χ1) is 36.9. The van der Waals surface area contributed by atoms with E-state index in [1.54, 1.807) is 61.5 Å². The number of oxazole rings is 2. The molecule has 0 radical (unpaired) electrons. The van der Waals surface area contributed by atoms with Crippen LogP contribution in [0.2, 0.25) is 0 Å². The molecule has 0 saturated carbocycles. The standard InChI is InChI=1S/C35H22N2O14S2.C16H11NO7S/c38-34(39)16-36-24-14-28-22(20-10-18(52(42,43)44)6-8-26(20)48-28)12-30(24)50-32(36)4-2-1-3-5-33-37(17-35(40)41)25-15-29-23(13-31(25)51-33)21-11-19(53(45,46)47)7-9-27(21)49-29;1-8-17(7-16(18)19)12-6-14-11(5-15(12)23-8)10-4-9(25(20,21)22)2-3-13(10)24-14/h1-15H,16-17H2,(H3-,38,39,40,41,42,43,44,45,46,47);2-6H,7H2,1H3,(H-,18,19,20,21,22). The molecule has 0 atom stereocenters. The predicted octanol–water partition coefficient (Wildman–Crippen LogP) is 7.07. The number of carboxylic acid groups (broad SMARTS) is 3. The normalized spacial score (nSPS) is 13.9. The third-order valence-corrected chi connectivity index (χ3v) is 15.0. The molecule has 0 fully saturated rings. The van der Waals surface area contributed by atoms with Crippen LogP contribution >= 0.6 is 0 Å². The van der Waals surface area contributed by atoms with E-state index in [0.29, 0.717) is 94.0 Å². The molecule has 11 aromatic rings. The zero-order valence-electron chi connectivity index (χ0n) is 39.5. The molecule has 1 aliphatic rings. The summed E-state index contributed by atoms with van der Waals surface area (Å²) in [4.78, 5) is 34.9. The molecule has 78 heavy (non-hydrogen) atoms. The number of rotatable bonds is 12. The number of aromatic nitrogens is 2. The number of fused-ring (bicyclic) bond motifs is 12. The Bertz CT molecular complexity index is 4900. The van der Waals surface area contributed by atoms with Gasteiger partial charge in [0.1, 0.15) is 60.3 Å². The van der Waals surface area contributed by atoms with E-state index in [2.05, 4.69) is 0 Å². The Morgan fingerprint density at radius 2 is 1.01 bits per heavy atom. The number of carboxylic acids is 3. The number of hydrogen-bond acceptors (Lipinski definition) is 18. The third-order valence-electron chi connectivity index (χ3n) is 12.5. The van der Waals surface area contributed by atoms with Crippen molar-refractivity contribution in [3.05, 3.63) is 133 Å². The van der Waals surface area contributed by atoms with Gasteiger partial charge in [0.25, 0.3) is 21.2 Å². The summed E-state index contributed by atoms with van der Waals surface area (Å²) in [5.74, 6) is -2.35. The molecule has 396 valence electrons. The number of aryl methyl sites for hydroxylation is 1. The summed E-state index contributed by atoms with van der Waals surface area (Å²) in [7, 11) is -13.8. The van der Waals surface area contributed by atoms with Crippen LogP contribution in [0.25, 0.3) is 94.1 Å². The highest BCUT2D eigenvalue weighted by molar-refractivity contribution is 7.86. The number of hydrogen-bond donors (Lipinski definition) is 4. The Balaban J connectivity index is 0.000000215. The summed E-state index contributed by atoms with van der Waals surface area (Å²) in [6.45, 7) is 0.436. The number of allylic oxidation sites excluding steroid dienone is 4. The molecule has 5 aromatic heterocycles. The van der Waals surface area contributed by atoms with Gasteiger partial charge in [0.2, 0.25) is 30.1 Å². The second-order valence-corrected chi connectivity index (χ2v) is 21.6. The van der Waals surface area contributed by atoms with Crippen molar-refractivity contribution in [2.75, 3.05) is 11.4 Å².